The lowest BCUT2D eigenvalue weighted by Crippen LogP contribution is -2.58. The zero-order chi connectivity index (χ0) is 39.0. The Balaban J connectivity index is 0.812. The molecule has 0 bridgehead atoms. The fraction of sp³-hybridized carbons (Fsp3) is 0.409. The first-order valence-electron chi connectivity index (χ1n) is 20.0. The number of imide groups is 1. The van der Waals surface area contributed by atoms with E-state index in [-0.39, 0.29) is 48.1 Å². The van der Waals surface area contributed by atoms with Gasteiger partial charge in [0.1, 0.15) is 41.3 Å². The molecule has 3 amide bonds. The summed E-state index contributed by atoms with van der Waals surface area (Å²) in [6.07, 6.45) is 2.67. The number of anilines is 2. The number of phenolic OH excluding ortho intramolecular Hbond substituents is 1. The fourth-order valence-electron chi connectivity index (χ4n) is 9.33. The first-order valence-corrected chi connectivity index (χ1v) is 20.0. The van der Waals surface area contributed by atoms with Gasteiger partial charge in [-0.25, -0.2) is 4.98 Å². The third-order valence-corrected chi connectivity index (χ3v) is 12.3. The van der Waals surface area contributed by atoms with Crippen molar-refractivity contribution in [2.45, 2.75) is 49.6 Å². The molecule has 9 rings (SSSR count). The monoisotopic (exact) mass is 772 g/mol. The van der Waals surface area contributed by atoms with Crippen molar-refractivity contribution in [1.82, 2.24) is 20.5 Å². The molecule has 3 aromatic carbocycles. The minimum Gasteiger partial charge on any atom is -0.508 e. The molecule has 3 N–H and O–H groups in total. The number of nitrogens with zero attached hydrogens (tertiary/aromatic N) is 4. The topological polar surface area (TPSA) is 146 Å². The van der Waals surface area contributed by atoms with Gasteiger partial charge in [0, 0.05) is 86.5 Å². The number of nitrogens with one attached hydrogen (secondary N) is 2. The molecule has 13 heteroatoms. The number of carbonyl (C=O) groups excluding carboxylic acids is 3. The van der Waals surface area contributed by atoms with Crippen LogP contribution in [0.3, 0.4) is 0 Å². The predicted octanol–water partition coefficient (Wildman–Crippen LogP) is 4.44. The van der Waals surface area contributed by atoms with Gasteiger partial charge < -0.3 is 34.4 Å². The summed E-state index contributed by atoms with van der Waals surface area (Å²) in [4.78, 5) is 48.4. The fourth-order valence-corrected chi connectivity index (χ4v) is 9.33. The Morgan fingerprint density at radius 1 is 0.930 bits per heavy atom. The van der Waals surface area contributed by atoms with Crippen molar-refractivity contribution in [2.75, 3.05) is 69.4 Å². The Morgan fingerprint density at radius 2 is 1.75 bits per heavy atom. The van der Waals surface area contributed by atoms with Gasteiger partial charge in [0.25, 0.3) is 5.91 Å². The molecule has 3 fully saturated rings. The average molecular weight is 773 g/mol. The Hall–Kier alpha value is -5.82. The number of hydrogen-bond acceptors (Lipinski definition) is 11. The van der Waals surface area contributed by atoms with Crippen molar-refractivity contribution < 1.29 is 33.7 Å². The summed E-state index contributed by atoms with van der Waals surface area (Å²) in [6, 6.07) is 25.5. The standard InChI is InChI=1S/C44H48N6O7/c1-55-38-21-29(7-9-32(38)41-33-10-8-31(51)22-39(33)56-26-34(41)28-5-3-2-4-6-28)49-17-15-27(16-18-49)23-48-19-20-50-30(24-48)25-57-44-37(50)13-11-36(46-44)42(53)45-35-12-14-40(52)47-43(35)54/h2-11,13,21-22,27,30,34-35,41,51H,12,14-20,23-26H2,1H3,(H,45,53)(H,47,52,54)/t30-,34-,35?,41-/m1/s1. The number of phenols is 1. The Labute approximate surface area is 331 Å². The van der Waals surface area contributed by atoms with E-state index >= 15 is 0 Å². The molecule has 1 unspecified atom stereocenters. The van der Waals surface area contributed by atoms with Crippen LogP contribution in [-0.4, -0.2) is 104 Å². The van der Waals surface area contributed by atoms with E-state index < -0.39 is 17.9 Å². The van der Waals surface area contributed by atoms with Gasteiger partial charge in [-0.2, -0.15) is 0 Å². The van der Waals surface area contributed by atoms with Gasteiger partial charge in [-0.1, -0.05) is 42.5 Å². The van der Waals surface area contributed by atoms with E-state index in [4.69, 9.17) is 14.2 Å². The highest BCUT2D eigenvalue weighted by Gasteiger charge is 2.38. The van der Waals surface area contributed by atoms with Gasteiger partial charge in [0.15, 0.2) is 0 Å². The summed E-state index contributed by atoms with van der Waals surface area (Å²) in [5.74, 6) is 1.60. The maximum absolute atomic E-state index is 12.9. The lowest BCUT2D eigenvalue weighted by Gasteiger charge is -2.46. The van der Waals surface area contributed by atoms with Crippen molar-refractivity contribution in [3.8, 4) is 23.1 Å². The number of carbonyl (C=O) groups is 3. The van der Waals surface area contributed by atoms with E-state index in [0.29, 0.717) is 30.8 Å². The number of fused-ring (bicyclic) bond motifs is 4. The second-order valence-corrected chi connectivity index (χ2v) is 15.8. The summed E-state index contributed by atoms with van der Waals surface area (Å²) in [5, 5.41) is 15.2. The predicted molar refractivity (Wildman–Crippen MR) is 214 cm³/mol. The molecule has 4 aromatic rings. The highest BCUT2D eigenvalue weighted by Crippen LogP contribution is 2.50. The molecule has 0 saturated carbocycles. The first-order chi connectivity index (χ1) is 27.8. The largest absolute Gasteiger partial charge is 0.508 e. The number of hydrogen-bond donors (Lipinski definition) is 3. The highest BCUT2D eigenvalue weighted by molar-refractivity contribution is 6.03. The first kappa shape index (κ1) is 36.8. The molecular formula is C44H48N6O7. The van der Waals surface area contributed by atoms with Crippen LogP contribution < -0.4 is 34.6 Å². The number of methoxy groups -OCH3 is 1. The third kappa shape index (κ3) is 7.43. The summed E-state index contributed by atoms with van der Waals surface area (Å²) >= 11 is 0. The summed E-state index contributed by atoms with van der Waals surface area (Å²) in [7, 11) is 1.75. The summed E-state index contributed by atoms with van der Waals surface area (Å²) < 4.78 is 18.4. The Morgan fingerprint density at radius 3 is 2.56 bits per heavy atom. The SMILES string of the molecule is COc1cc(N2CCC(CN3CCN4c5ccc(C(=O)NC6CCC(=O)NC6=O)nc5OC[C@H]4C3)CC2)ccc1[C@@H]1c2ccc(O)cc2OC[C@@H]1c1ccccc1. The van der Waals surface area contributed by atoms with E-state index in [1.165, 1.54) is 11.3 Å². The van der Waals surface area contributed by atoms with Crippen LogP contribution in [-0.2, 0) is 9.59 Å². The van der Waals surface area contributed by atoms with Gasteiger partial charge in [-0.3, -0.25) is 24.6 Å². The number of benzene rings is 3. The zero-order valence-corrected chi connectivity index (χ0v) is 32.1. The molecule has 3 saturated heterocycles. The normalized spacial score (nSPS) is 23.6. The van der Waals surface area contributed by atoms with Gasteiger partial charge in [-0.15, -0.1) is 0 Å². The maximum Gasteiger partial charge on any atom is 0.270 e. The van der Waals surface area contributed by atoms with Crippen LogP contribution >= 0.6 is 0 Å². The van der Waals surface area contributed by atoms with Gasteiger partial charge in [0.2, 0.25) is 17.7 Å². The number of aromatic nitrogens is 1. The molecule has 5 aliphatic heterocycles. The second-order valence-electron chi connectivity index (χ2n) is 15.8. The molecule has 0 radical (unpaired) electrons. The minimum absolute atomic E-state index is 0.00194. The number of piperidine rings is 2. The second kappa shape index (κ2) is 15.6. The molecule has 5 aliphatic rings. The van der Waals surface area contributed by atoms with Gasteiger partial charge >= 0.3 is 0 Å². The van der Waals surface area contributed by atoms with Crippen LogP contribution in [0, 0.1) is 5.92 Å². The van der Waals surface area contributed by atoms with E-state index in [2.05, 4.69) is 72.8 Å². The van der Waals surface area contributed by atoms with Crippen molar-refractivity contribution in [1.29, 1.82) is 0 Å². The zero-order valence-electron chi connectivity index (χ0n) is 32.1. The summed E-state index contributed by atoms with van der Waals surface area (Å²) in [5.41, 5.74) is 5.59. The number of ether oxygens (including phenoxy) is 3. The molecule has 57 heavy (non-hydrogen) atoms. The molecule has 13 nitrogen and oxygen atoms in total. The van der Waals surface area contributed by atoms with Crippen LogP contribution in [0.1, 0.15) is 64.7 Å². The van der Waals surface area contributed by atoms with Crippen LogP contribution in [0.2, 0.25) is 0 Å². The van der Waals surface area contributed by atoms with Crippen molar-refractivity contribution in [2.24, 2.45) is 5.92 Å². The molecule has 6 heterocycles. The van der Waals surface area contributed by atoms with Crippen molar-refractivity contribution >= 4 is 29.1 Å². The Kier molecular flexibility index (Phi) is 10.1. The van der Waals surface area contributed by atoms with E-state index in [9.17, 15) is 19.5 Å². The van der Waals surface area contributed by atoms with Gasteiger partial charge in [-0.05, 0) is 55.0 Å². The van der Waals surface area contributed by atoms with E-state index in [0.717, 1.165) is 74.7 Å². The number of amides is 3. The third-order valence-electron chi connectivity index (χ3n) is 12.3. The smallest absolute Gasteiger partial charge is 0.270 e. The maximum atomic E-state index is 12.9. The van der Waals surface area contributed by atoms with Crippen molar-refractivity contribution in [3.63, 3.8) is 0 Å². The lowest BCUT2D eigenvalue weighted by atomic mass is 9.75. The molecule has 4 atom stereocenters. The molecule has 0 aliphatic carbocycles. The molecule has 0 spiro atoms. The van der Waals surface area contributed by atoms with E-state index in [1.54, 1.807) is 25.3 Å². The number of pyridine rings is 1. The number of piperazine rings is 1. The average Bonchev–Trinajstić information content (AvgIpc) is 3.24. The molecular weight excluding hydrogens is 725 g/mol. The minimum atomic E-state index is -0.762. The lowest BCUT2D eigenvalue weighted by molar-refractivity contribution is -0.134. The van der Waals surface area contributed by atoms with Crippen LogP contribution in [0.4, 0.5) is 11.4 Å². The van der Waals surface area contributed by atoms with Crippen LogP contribution in [0.5, 0.6) is 23.1 Å². The Bertz CT molecular complexity index is 2160. The number of rotatable bonds is 8. The van der Waals surface area contributed by atoms with Crippen molar-refractivity contribution in [3.05, 3.63) is 101 Å². The van der Waals surface area contributed by atoms with E-state index in [1.807, 2.05) is 18.2 Å². The molecule has 296 valence electrons. The van der Waals surface area contributed by atoms with Crippen LogP contribution in [0.25, 0.3) is 0 Å². The summed E-state index contributed by atoms with van der Waals surface area (Å²) in [6.45, 7) is 6.67. The van der Waals surface area contributed by atoms with Gasteiger partial charge in [0.05, 0.1) is 19.8 Å². The number of aromatic hydroxyl groups is 1. The quantitative estimate of drug-likeness (QED) is 0.219. The molecule has 1 aromatic heterocycles. The van der Waals surface area contributed by atoms with Crippen LogP contribution in [0.15, 0.2) is 78.9 Å². The highest BCUT2D eigenvalue weighted by atomic mass is 16.5.